The molecule has 0 atom stereocenters. The summed E-state index contributed by atoms with van der Waals surface area (Å²) in [5.41, 5.74) is 1.40. The van der Waals surface area contributed by atoms with Crippen LogP contribution >= 0.6 is 0 Å². The normalized spacial score (nSPS) is 11.6. The number of nitrogens with zero attached hydrogens (tertiary/aromatic N) is 2. The van der Waals surface area contributed by atoms with Crippen LogP contribution in [0.1, 0.15) is 19.4 Å². The first-order chi connectivity index (χ1) is 12.3. The second-order valence-corrected chi connectivity index (χ2v) is 8.42. The van der Waals surface area contributed by atoms with Crippen molar-refractivity contribution < 1.29 is 13.2 Å². The summed E-state index contributed by atoms with van der Waals surface area (Å²) in [7, 11) is -1.96. The van der Waals surface area contributed by atoms with E-state index in [2.05, 4.69) is 15.6 Å². The zero-order valence-electron chi connectivity index (χ0n) is 15.1. The summed E-state index contributed by atoms with van der Waals surface area (Å²) < 4.78 is 26.3. The largest absolute Gasteiger partial charge is 0.334 e. The first-order valence-electron chi connectivity index (χ1n) is 8.29. The molecule has 0 saturated carbocycles. The van der Waals surface area contributed by atoms with Crippen molar-refractivity contribution in [1.29, 1.82) is 0 Å². The number of carbonyl (C=O) groups is 1. The fourth-order valence-corrected chi connectivity index (χ4v) is 3.70. The van der Waals surface area contributed by atoms with E-state index in [1.54, 1.807) is 37.6 Å². The topological polar surface area (TPSA) is 91.4 Å². The molecular formula is C18H24N4O3S. The Bertz CT molecular complexity index is 821. The van der Waals surface area contributed by atoms with Crippen molar-refractivity contribution >= 4 is 21.7 Å². The highest BCUT2D eigenvalue weighted by Gasteiger charge is 2.21. The maximum Gasteiger partial charge on any atom is 0.319 e. The van der Waals surface area contributed by atoms with E-state index in [0.29, 0.717) is 18.8 Å². The fraction of sp³-hybridized carbons (Fsp3) is 0.333. The van der Waals surface area contributed by atoms with Crippen molar-refractivity contribution in [2.24, 2.45) is 5.92 Å². The maximum atomic E-state index is 12.5. The average molecular weight is 376 g/mol. The van der Waals surface area contributed by atoms with Crippen LogP contribution in [-0.4, -0.2) is 37.3 Å². The Labute approximate surface area is 154 Å². The van der Waals surface area contributed by atoms with Crippen LogP contribution in [0, 0.1) is 5.92 Å². The van der Waals surface area contributed by atoms with Crippen LogP contribution < -0.4 is 10.6 Å². The lowest BCUT2D eigenvalue weighted by Gasteiger charge is -2.19. The van der Waals surface area contributed by atoms with Crippen LogP contribution in [-0.2, 0) is 16.6 Å². The number of amides is 2. The highest BCUT2D eigenvalue weighted by atomic mass is 32.2. The summed E-state index contributed by atoms with van der Waals surface area (Å²) in [6.07, 6.45) is 3.34. The summed E-state index contributed by atoms with van der Waals surface area (Å²) in [5, 5.41) is 5.39. The molecule has 2 aromatic rings. The first kappa shape index (κ1) is 19.9. The van der Waals surface area contributed by atoms with E-state index >= 15 is 0 Å². The average Bonchev–Trinajstić information content (AvgIpc) is 2.61. The molecule has 2 rings (SSSR count). The molecule has 26 heavy (non-hydrogen) atoms. The predicted molar refractivity (Wildman–Crippen MR) is 101 cm³/mol. The predicted octanol–water partition coefficient (Wildman–Crippen LogP) is 2.68. The molecule has 0 spiro atoms. The summed E-state index contributed by atoms with van der Waals surface area (Å²) in [6, 6.07) is 9.40. The fourth-order valence-electron chi connectivity index (χ4n) is 2.36. The van der Waals surface area contributed by atoms with Gasteiger partial charge in [-0.1, -0.05) is 19.9 Å². The molecule has 0 unspecified atom stereocenters. The van der Waals surface area contributed by atoms with Gasteiger partial charge < -0.3 is 10.6 Å². The van der Waals surface area contributed by atoms with Gasteiger partial charge in [0.15, 0.2) is 0 Å². The number of aromatic nitrogens is 1. The number of sulfonamides is 1. The third kappa shape index (κ3) is 5.53. The molecule has 140 valence electrons. The van der Waals surface area contributed by atoms with E-state index < -0.39 is 10.0 Å². The molecule has 0 saturated heterocycles. The number of pyridine rings is 1. The third-order valence-corrected chi connectivity index (χ3v) is 5.46. The summed E-state index contributed by atoms with van der Waals surface area (Å²) >= 11 is 0. The zero-order chi connectivity index (χ0) is 19.2. The van der Waals surface area contributed by atoms with Gasteiger partial charge in [0.1, 0.15) is 0 Å². The Morgan fingerprint density at radius 3 is 2.46 bits per heavy atom. The smallest absolute Gasteiger partial charge is 0.319 e. The highest BCUT2D eigenvalue weighted by molar-refractivity contribution is 7.89. The number of benzene rings is 1. The number of hydrogen-bond donors (Lipinski definition) is 2. The Morgan fingerprint density at radius 1 is 1.19 bits per heavy atom. The van der Waals surface area contributed by atoms with Crippen LogP contribution in [0.3, 0.4) is 0 Å². The Balaban J connectivity index is 1.95. The minimum absolute atomic E-state index is 0.196. The van der Waals surface area contributed by atoms with E-state index in [1.807, 2.05) is 19.9 Å². The number of nitrogens with one attached hydrogen (secondary N) is 2. The molecule has 0 bridgehead atoms. The minimum Gasteiger partial charge on any atom is -0.334 e. The van der Waals surface area contributed by atoms with Crippen LogP contribution in [0.25, 0.3) is 0 Å². The first-order valence-corrected chi connectivity index (χ1v) is 9.73. The number of urea groups is 1. The molecule has 8 heteroatoms. The Kier molecular flexibility index (Phi) is 6.70. The van der Waals surface area contributed by atoms with E-state index in [4.69, 9.17) is 0 Å². The lowest BCUT2D eigenvalue weighted by Crippen LogP contribution is -2.30. The molecule has 0 aliphatic rings. The molecule has 2 N–H and O–H groups in total. The van der Waals surface area contributed by atoms with Gasteiger partial charge in [0.25, 0.3) is 0 Å². The van der Waals surface area contributed by atoms with E-state index in [1.165, 1.54) is 16.4 Å². The van der Waals surface area contributed by atoms with E-state index in [-0.39, 0.29) is 16.8 Å². The molecule has 1 aromatic carbocycles. The standard InChI is InChI=1S/C18H24N4O3S/c1-14(2)13-22(3)26(24,25)17-8-6-16(7-9-17)21-18(23)20-12-15-5-4-10-19-11-15/h4-11,14H,12-13H2,1-3H3,(H2,20,21,23). The van der Waals surface area contributed by atoms with Gasteiger partial charge in [0.05, 0.1) is 4.90 Å². The van der Waals surface area contributed by atoms with Crippen molar-refractivity contribution in [3.8, 4) is 0 Å². The van der Waals surface area contributed by atoms with Gasteiger partial charge in [-0.2, -0.15) is 0 Å². The Morgan fingerprint density at radius 2 is 1.88 bits per heavy atom. The van der Waals surface area contributed by atoms with Gasteiger partial charge in [-0.15, -0.1) is 0 Å². The van der Waals surface area contributed by atoms with Crippen molar-refractivity contribution in [3.05, 3.63) is 54.4 Å². The van der Waals surface area contributed by atoms with Gasteiger partial charge in [-0.25, -0.2) is 17.5 Å². The van der Waals surface area contributed by atoms with E-state index in [0.717, 1.165) is 5.56 Å². The summed E-state index contributed by atoms with van der Waals surface area (Å²) in [4.78, 5) is 16.1. The number of rotatable bonds is 7. The molecule has 2 amide bonds. The number of hydrogen-bond acceptors (Lipinski definition) is 4. The summed E-state index contributed by atoms with van der Waals surface area (Å²) in [6.45, 7) is 4.72. The highest BCUT2D eigenvalue weighted by Crippen LogP contribution is 2.18. The second-order valence-electron chi connectivity index (χ2n) is 6.37. The zero-order valence-corrected chi connectivity index (χ0v) is 16.0. The quantitative estimate of drug-likeness (QED) is 0.777. The van der Waals surface area contributed by atoms with Gasteiger partial charge in [-0.3, -0.25) is 4.98 Å². The summed E-state index contributed by atoms with van der Waals surface area (Å²) in [5.74, 6) is 0.235. The van der Waals surface area contributed by atoms with Crippen LogP contribution in [0.2, 0.25) is 0 Å². The molecule has 0 fully saturated rings. The molecule has 1 heterocycles. The van der Waals surface area contributed by atoms with E-state index in [9.17, 15) is 13.2 Å². The van der Waals surface area contributed by atoms with Crippen molar-refractivity contribution in [2.45, 2.75) is 25.3 Å². The molecule has 7 nitrogen and oxygen atoms in total. The van der Waals surface area contributed by atoms with Gasteiger partial charge in [0.2, 0.25) is 10.0 Å². The number of carbonyl (C=O) groups excluding carboxylic acids is 1. The lowest BCUT2D eigenvalue weighted by molar-refractivity contribution is 0.251. The van der Waals surface area contributed by atoms with Crippen LogP contribution in [0.15, 0.2) is 53.7 Å². The second kappa shape index (κ2) is 8.77. The van der Waals surface area contributed by atoms with Crippen molar-refractivity contribution in [1.82, 2.24) is 14.6 Å². The van der Waals surface area contributed by atoms with Gasteiger partial charge in [0, 0.05) is 38.2 Å². The molecule has 0 aliphatic carbocycles. The third-order valence-electron chi connectivity index (χ3n) is 3.62. The number of anilines is 1. The Hall–Kier alpha value is -2.45. The molecule has 1 aromatic heterocycles. The lowest BCUT2D eigenvalue weighted by atomic mass is 10.2. The van der Waals surface area contributed by atoms with Crippen LogP contribution in [0.5, 0.6) is 0 Å². The SMILES string of the molecule is CC(C)CN(C)S(=O)(=O)c1ccc(NC(=O)NCc2cccnc2)cc1. The van der Waals surface area contributed by atoms with Gasteiger partial charge in [-0.05, 0) is 41.8 Å². The monoisotopic (exact) mass is 376 g/mol. The van der Waals surface area contributed by atoms with Gasteiger partial charge >= 0.3 is 6.03 Å². The molecular weight excluding hydrogens is 352 g/mol. The molecule has 0 aliphatic heterocycles. The van der Waals surface area contributed by atoms with Crippen LogP contribution in [0.4, 0.5) is 10.5 Å². The minimum atomic E-state index is -3.53. The van der Waals surface area contributed by atoms with Crippen molar-refractivity contribution in [2.75, 3.05) is 18.9 Å². The maximum absolute atomic E-state index is 12.5. The van der Waals surface area contributed by atoms with Crippen molar-refractivity contribution in [3.63, 3.8) is 0 Å². The molecule has 0 radical (unpaired) electrons.